The van der Waals surface area contributed by atoms with Gasteiger partial charge < -0.3 is 9.84 Å². The molecule has 0 aliphatic heterocycles. The Morgan fingerprint density at radius 1 is 1.50 bits per heavy atom. The van der Waals surface area contributed by atoms with Crippen LogP contribution in [0.2, 0.25) is 0 Å². The summed E-state index contributed by atoms with van der Waals surface area (Å²) >= 11 is 0. The van der Waals surface area contributed by atoms with Gasteiger partial charge in [0, 0.05) is 13.2 Å². The van der Waals surface area contributed by atoms with Gasteiger partial charge in [0.1, 0.15) is 0 Å². The van der Waals surface area contributed by atoms with Crippen LogP contribution in [0.4, 0.5) is 0 Å². The monoisotopic (exact) mass is 116 g/mol. The van der Waals surface area contributed by atoms with E-state index in [-0.39, 0.29) is 6.61 Å². The SMILES string of the molecule is OCCCOC1CC1. The highest BCUT2D eigenvalue weighted by molar-refractivity contribution is 4.72. The van der Waals surface area contributed by atoms with Gasteiger partial charge in [-0.1, -0.05) is 0 Å². The van der Waals surface area contributed by atoms with Gasteiger partial charge in [-0.2, -0.15) is 0 Å². The molecule has 0 spiro atoms. The number of hydrogen-bond donors (Lipinski definition) is 1. The summed E-state index contributed by atoms with van der Waals surface area (Å²) < 4.78 is 5.23. The van der Waals surface area contributed by atoms with Gasteiger partial charge in [-0.15, -0.1) is 0 Å². The van der Waals surface area contributed by atoms with Gasteiger partial charge in [-0.3, -0.25) is 0 Å². The second-order valence-electron chi connectivity index (χ2n) is 2.15. The van der Waals surface area contributed by atoms with Crippen molar-refractivity contribution in [2.24, 2.45) is 0 Å². The van der Waals surface area contributed by atoms with Crippen LogP contribution in [0, 0.1) is 0 Å². The number of hydrogen-bond acceptors (Lipinski definition) is 2. The maximum Gasteiger partial charge on any atom is 0.0577 e. The predicted octanol–water partition coefficient (Wildman–Crippen LogP) is 0.548. The molecule has 1 aliphatic carbocycles. The van der Waals surface area contributed by atoms with Crippen LogP contribution in [-0.2, 0) is 4.74 Å². The minimum atomic E-state index is 0.257. The van der Waals surface area contributed by atoms with E-state index in [0.29, 0.717) is 6.10 Å². The van der Waals surface area contributed by atoms with Crippen molar-refractivity contribution in [2.45, 2.75) is 25.4 Å². The summed E-state index contributed by atoms with van der Waals surface area (Å²) in [5, 5.41) is 8.32. The smallest absolute Gasteiger partial charge is 0.0577 e. The fraction of sp³-hybridized carbons (Fsp3) is 1.00. The molecule has 2 nitrogen and oxygen atoms in total. The zero-order chi connectivity index (χ0) is 5.82. The Morgan fingerprint density at radius 3 is 2.75 bits per heavy atom. The van der Waals surface area contributed by atoms with E-state index in [4.69, 9.17) is 9.84 Å². The first-order chi connectivity index (χ1) is 3.93. The Balaban J connectivity index is 1.74. The first kappa shape index (κ1) is 6.05. The third-order valence-electron chi connectivity index (χ3n) is 1.18. The molecule has 0 atom stereocenters. The summed E-state index contributed by atoms with van der Waals surface area (Å²) in [5.74, 6) is 0. The molecule has 0 aromatic heterocycles. The summed E-state index contributed by atoms with van der Waals surface area (Å²) in [6.45, 7) is 0.994. The molecule has 1 saturated carbocycles. The van der Waals surface area contributed by atoms with Crippen LogP contribution in [0.15, 0.2) is 0 Å². The van der Waals surface area contributed by atoms with Gasteiger partial charge in [0.15, 0.2) is 0 Å². The topological polar surface area (TPSA) is 29.5 Å². The Labute approximate surface area is 49.5 Å². The molecule has 0 saturated heterocycles. The number of aliphatic hydroxyl groups is 1. The van der Waals surface area contributed by atoms with Crippen molar-refractivity contribution in [1.82, 2.24) is 0 Å². The molecule has 0 aromatic carbocycles. The second kappa shape index (κ2) is 3.05. The van der Waals surface area contributed by atoms with E-state index in [1.807, 2.05) is 0 Å². The largest absolute Gasteiger partial charge is 0.396 e. The maximum atomic E-state index is 8.32. The molecule has 0 bridgehead atoms. The molecule has 0 amide bonds. The average molecular weight is 116 g/mol. The number of aliphatic hydroxyl groups excluding tert-OH is 1. The normalized spacial score (nSPS) is 19.1. The summed E-state index contributed by atoms with van der Waals surface area (Å²) in [6, 6.07) is 0. The highest BCUT2D eigenvalue weighted by Crippen LogP contribution is 2.23. The van der Waals surface area contributed by atoms with Crippen molar-refractivity contribution in [3.8, 4) is 0 Å². The van der Waals surface area contributed by atoms with Crippen LogP contribution in [0.3, 0.4) is 0 Å². The third kappa shape index (κ3) is 2.28. The van der Waals surface area contributed by atoms with Gasteiger partial charge in [0.25, 0.3) is 0 Å². The Bertz CT molecular complexity index is 59.5. The molecule has 0 radical (unpaired) electrons. The van der Waals surface area contributed by atoms with E-state index in [0.717, 1.165) is 13.0 Å². The third-order valence-corrected chi connectivity index (χ3v) is 1.18. The maximum absolute atomic E-state index is 8.32. The zero-order valence-electron chi connectivity index (χ0n) is 4.97. The lowest BCUT2D eigenvalue weighted by Gasteiger charge is -1.96. The molecule has 8 heavy (non-hydrogen) atoms. The zero-order valence-corrected chi connectivity index (χ0v) is 4.97. The van der Waals surface area contributed by atoms with Gasteiger partial charge >= 0.3 is 0 Å². The Morgan fingerprint density at radius 2 is 2.25 bits per heavy atom. The Hall–Kier alpha value is -0.0800. The fourth-order valence-electron chi connectivity index (χ4n) is 0.549. The van der Waals surface area contributed by atoms with Crippen LogP contribution in [0.1, 0.15) is 19.3 Å². The van der Waals surface area contributed by atoms with Crippen LogP contribution in [-0.4, -0.2) is 24.4 Å². The van der Waals surface area contributed by atoms with Gasteiger partial charge in [0.2, 0.25) is 0 Å². The molecule has 0 aromatic rings. The van der Waals surface area contributed by atoms with Crippen LogP contribution >= 0.6 is 0 Å². The van der Waals surface area contributed by atoms with Crippen molar-refractivity contribution in [3.63, 3.8) is 0 Å². The van der Waals surface area contributed by atoms with Crippen molar-refractivity contribution in [2.75, 3.05) is 13.2 Å². The lowest BCUT2D eigenvalue weighted by atomic mass is 10.5. The lowest BCUT2D eigenvalue weighted by molar-refractivity contribution is 0.103. The molecule has 0 unspecified atom stereocenters. The van der Waals surface area contributed by atoms with Gasteiger partial charge in [-0.05, 0) is 19.3 Å². The van der Waals surface area contributed by atoms with Crippen molar-refractivity contribution < 1.29 is 9.84 Å². The van der Waals surface area contributed by atoms with Crippen molar-refractivity contribution in [3.05, 3.63) is 0 Å². The highest BCUT2D eigenvalue weighted by atomic mass is 16.5. The van der Waals surface area contributed by atoms with E-state index in [1.54, 1.807) is 0 Å². The van der Waals surface area contributed by atoms with E-state index in [2.05, 4.69) is 0 Å². The molecule has 1 fully saturated rings. The quantitative estimate of drug-likeness (QED) is 0.543. The molecule has 1 N–H and O–H groups in total. The number of ether oxygens (including phenoxy) is 1. The minimum Gasteiger partial charge on any atom is -0.396 e. The van der Waals surface area contributed by atoms with Gasteiger partial charge in [-0.25, -0.2) is 0 Å². The highest BCUT2D eigenvalue weighted by Gasteiger charge is 2.21. The lowest BCUT2D eigenvalue weighted by Crippen LogP contribution is -1.97. The number of rotatable bonds is 4. The molecule has 1 aliphatic rings. The van der Waals surface area contributed by atoms with E-state index in [9.17, 15) is 0 Å². The predicted molar refractivity (Wildman–Crippen MR) is 30.7 cm³/mol. The van der Waals surface area contributed by atoms with E-state index >= 15 is 0 Å². The molecule has 2 heteroatoms. The van der Waals surface area contributed by atoms with Crippen LogP contribution in [0.5, 0.6) is 0 Å². The molecule has 0 heterocycles. The molecular formula is C6H12O2. The van der Waals surface area contributed by atoms with Crippen LogP contribution in [0.25, 0.3) is 0 Å². The fourth-order valence-corrected chi connectivity index (χ4v) is 0.549. The minimum absolute atomic E-state index is 0.257. The van der Waals surface area contributed by atoms with Gasteiger partial charge in [0.05, 0.1) is 6.10 Å². The summed E-state index contributed by atoms with van der Waals surface area (Å²) in [4.78, 5) is 0. The van der Waals surface area contributed by atoms with Crippen molar-refractivity contribution >= 4 is 0 Å². The van der Waals surface area contributed by atoms with E-state index < -0.39 is 0 Å². The molecular weight excluding hydrogens is 104 g/mol. The van der Waals surface area contributed by atoms with Crippen LogP contribution < -0.4 is 0 Å². The standard InChI is InChI=1S/C6H12O2/c7-4-1-5-8-6-2-3-6/h6-7H,1-5H2. The summed E-state index contributed by atoms with van der Waals surface area (Å²) in [6.07, 6.45) is 3.79. The van der Waals surface area contributed by atoms with E-state index in [1.165, 1.54) is 12.8 Å². The molecule has 48 valence electrons. The molecule has 1 rings (SSSR count). The summed E-state index contributed by atoms with van der Waals surface area (Å²) in [7, 11) is 0. The van der Waals surface area contributed by atoms with Crippen molar-refractivity contribution in [1.29, 1.82) is 0 Å². The first-order valence-corrected chi connectivity index (χ1v) is 3.16. The summed E-state index contributed by atoms with van der Waals surface area (Å²) in [5.41, 5.74) is 0. The Kier molecular flexibility index (Phi) is 2.30. The second-order valence-corrected chi connectivity index (χ2v) is 2.15. The first-order valence-electron chi connectivity index (χ1n) is 3.16. The average Bonchev–Trinajstić information content (AvgIpc) is 2.51.